The fourth-order valence-electron chi connectivity index (χ4n) is 1.93. The van der Waals surface area contributed by atoms with Crippen LogP contribution in [-0.4, -0.2) is 40.2 Å². The number of aromatic nitrogens is 1. The van der Waals surface area contributed by atoms with Crippen LogP contribution in [0.5, 0.6) is 0 Å². The molecule has 2 atom stereocenters. The molecule has 0 aliphatic rings. The van der Waals surface area contributed by atoms with Crippen LogP contribution in [0.2, 0.25) is 0 Å². The maximum Gasteiger partial charge on any atom is 0.407 e. The Morgan fingerprint density at radius 2 is 1.96 bits per heavy atom. The number of nitrogens with zero attached hydrogens (tertiary/aromatic N) is 1. The Morgan fingerprint density at radius 3 is 2.58 bits per heavy atom. The third kappa shape index (κ3) is 5.15. The lowest BCUT2D eigenvalue weighted by atomic mass is 10.1. The Kier molecular flexibility index (Phi) is 6.41. The van der Waals surface area contributed by atoms with Crippen LogP contribution in [0.15, 0.2) is 48.7 Å². The van der Waals surface area contributed by atoms with Gasteiger partial charge in [-0.3, -0.25) is 9.78 Å². The van der Waals surface area contributed by atoms with Gasteiger partial charge >= 0.3 is 6.09 Å². The number of nitrogens with one attached hydrogen (secondary N) is 1. The van der Waals surface area contributed by atoms with E-state index >= 15 is 0 Å². The predicted molar refractivity (Wildman–Crippen MR) is 85.2 cm³/mol. The Bertz CT molecular complexity index is 660. The van der Waals surface area contributed by atoms with Crippen molar-refractivity contribution in [1.82, 2.24) is 10.3 Å². The number of pyridine rings is 1. The molecule has 0 spiro atoms. The molecule has 0 radical (unpaired) electrons. The van der Waals surface area contributed by atoms with Crippen molar-refractivity contribution < 1.29 is 24.5 Å². The summed E-state index contributed by atoms with van der Waals surface area (Å²) in [5, 5.41) is 22.3. The van der Waals surface area contributed by atoms with E-state index in [2.05, 4.69) is 10.3 Å². The molecule has 1 heterocycles. The van der Waals surface area contributed by atoms with Crippen LogP contribution in [0.4, 0.5) is 4.79 Å². The van der Waals surface area contributed by atoms with Gasteiger partial charge in [-0.05, 0) is 17.7 Å². The maximum absolute atomic E-state index is 11.6. The number of rotatable bonds is 7. The topological polar surface area (TPSA) is 109 Å². The van der Waals surface area contributed by atoms with E-state index in [1.54, 1.807) is 0 Å². The molecule has 24 heavy (non-hydrogen) atoms. The van der Waals surface area contributed by atoms with E-state index in [0.29, 0.717) is 11.8 Å². The fourth-order valence-corrected chi connectivity index (χ4v) is 1.93. The summed E-state index contributed by atoms with van der Waals surface area (Å²) < 4.78 is 5.00. The number of carbonyl (C=O) groups excluding carboxylic acids is 2. The summed E-state index contributed by atoms with van der Waals surface area (Å²) in [6, 6.07) is 12.1. The molecule has 2 unspecified atom stereocenters. The zero-order chi connectivity index (χ0) is 17.4. The molecule has 126 valence electrons. The van der Waals surface area contributed by atoms with Crippen molar-refractivity contribution in [2.24, 2.45) is 0 Å². The monoisotopic (exact) mass is 330 g/mol. The Balaban J connectivity index is 1.77. The number of hydrogen-bond acceptors (Lipinski definition) is 6. The van der Waals surface area contributed by atoms with E-state index in [0.717, 1.165) is 5.56 Å². The second-order valence-corrected chi connectivity index (χ2v) is 5.09. The summed E-state index contributed by atoms with van der Waals surface area (Å²) in [4.78, 5) is 26.0. The molecule has 0 aliphatic heterocycles. The van der Waals surface area contributed by atoms with Crippen LogP contribution in [-0.2, 0) is 11.3 Å². The first-order valence-electron chi connectivity index (χ1n) is 7.32. The van der Waals surface area contributed by atoms with Gasteiger partial charge in [-0.15, -0.1) is 0 Å². The van der Waals surface area contributed by atoms with Gasteiger partial charge in [0.05, 0.1) is 5.69 Å². The minimum absolute atomic E-state index is 0.111. The summed E-state index contributed by atoms with van der Waals surface area (Å²) in [6.07, 6.45) is -1.33. The molecule has 1 amide bonds. The van der Waals surface area contributed by atoms with Crippen LogP contribution in [0, 0.1) is 0 Å². The summed E-state index contributed by atoms with van der Waals surface area (Å²) in [7, 11) is 0. The van der Waals surface area contributed by atoms with Gasteiger partial charge in [0, 0.05) is 18.3 Å². The highest BCUT2D eigenvalue weighted by Gasteiger charge is 2.20. The first kappa shape index (κ1) is 17.6. The lowest BCUT2D eigenvalue weighted by molar-refractivity contribution is 0.0159. The Morgan fingerprint density at radius 1 is 1.21 bits per heavy atom. The molecule has 0 bridgehead atoms. The van der Waals surface area contributed by atoms with E-state index in [9.17, 15) is 19.8 Å². The van der Waals surface area contributed by atoms with Crippen LogP contribution in [0.25, 0.3) is 0 Å². The van der Waals surface area contributed by atoms with E-state index in [4.69, 9.17) is 4.74 Å². The number of amides is 1. The number of aliphatic hydroxyl groups excluding tert-OH is 2. The van der Waals surface area contributed by atoms with Gasteiger partial charge in [-0.2, -0.15) is 0 Å². The molecular weight excluding hydrogens is 312 g/mol. The van der Waals surface area contributed by atoms with Crippen molar-refractivity contribution in [3.05, 3.63) is 65.5 Å². The van der Waals surface area contributed by atoms with Crippen LogP contribution in [0.3, 0.4) is 0 Å². The van der Waals surface area contributed by atoms with E-state index < -0.39 is 18.3 Å². The minimum atomic E-state index is -1.29. The summed E-state index contributed by atoms with van der Waals surface area (Å²) in [6.45, 7) is -0.0913. The highest BCUT2D eigenvalue weighted by atomic mass is 16.5. The SMILES string of the molecule is O=Cc1ccc(C(O)C(O)CNC(=O)OCc2ccccc2)nc1. The normalized spacial score (nSPS) is 12.9. The first-order valence-corrected chi connectivity index (χ1v) is 7.32. The average molecular weight is 330 g/mol. The van der Waals surface area contributed by atoms with Gasteiger partial charge in [-0.1, -0.05) is 30.3 Å². The van der Waals surface area contributed by atoms with Crippen LogP contribution < -0.4 is 5.32 Å². The zero-order valence-electron chi connectivity index (χ0n) is 12.8. The van der Waals surface area contributed by atoms with E-state index in [1.807, 2.05) is 30.3 Å². The number of alkyl carbamates (subject to hydrolysis) is 1. The maximum atomic E-state index is 11.6. The van der Waals surface area contributed by atoms with E-state index in [-0.39, 0.29) is 18.8 Å². The molecule has 1 aromatic heterocycles. The predicted octanol–water partition coefficient (Wildman–Crippen LogP) is 1.21. The second-order valence-electron chi connectivity index (χ2n) is 5.09. The van der Waals surface area contributed by atoms with Crippen molar-refractivity contribution in [2.45, 2.75) is 18.8 Å². The summed E-state index contributed by atoms with van der Waals surface area (Å²) in [5.41, 5.74) is 1.41. The number of benzene rings is 1. The molecule has 0 saturated heterocycles. The molecular formula is C17H18N2O5. The van der Waals surface area contributed by atoms with Gasteiger partial charge in [0.15, 0.2) is 6.29 Å². The molecule has 2 aromatic rings. The van der Waals surface area contributed by atoms with Crippen molar-refractivity contribution in [3.8, 4) is 0 Å². The molecule has 0 fully saturated rings. The number of ether oxygens (including phenoxy) is 1. The fraction of sp³-hybridized carbons (Fsp3) is 0.235. The number of aldehydes is 1. The molecule has 7 nitrogen and oxygen atoms in total. The third-order valence-electron chi connectivity index (χ3n) is 3.28. The lowest BCUT2D eigenvalue weighted by Crippen LogP contribution is -2.36. The highest BCUT2D eigenvalue weighted by molar-refractivity contribution is 5.73. The van der Waals surface area contributed by atoms with Gasteiger partial charge in [0.25, 0.3) is 0 Å². The van der Waals surface area contributed by atoms with Gasteiger partial charge < -0.3 is 20.3 Å². The molecule has 0 aliphatic carbocycles. The summed E-state index contributed by atoms with van der Waals surface area (Å²) in [5.74, 6) is 0. The van der Waals surface area contributed by atoms with Crippen molar-refractivity contribution in [1.29, 1.82) is 0 Å². The highest BCUT2D eigenvalue weighted by Crippen LogP contribution is 2.14. The van der Waals surface area contributed by atoms with Gasteiger partial charge in [0.2, 0.25) is 0 Å². The van der Waals surface area contributed by atoms with Crippen molar-refractivity contribution in [2.75, 3.05) is 6.54 Å². The zero-order valence-corrected chi connectivity index (χ0v) is 12.8. The Labute approximate surface area is 138 Å². The van der Waals surface area contributed by atoms with Crippen molar-refractivity contribution in [3.63, 3.8) is 0 Å². The van der Waals surface area contributed by atoms with E-state index in [1.165, 1.54) is 18.3 Å². The summed E-state index contributed by atoms with van der Waals surface area (Å²) >= 11 is 0. The van der Waals surface area contributed by atoms with Crippen molar-refractivity contribution >= 4 is 12.4 Å². The standard InChI is InChI=1S/C17H18N2O5/c20-10-13-6-7-14(18-8-13)16(22)15(21)9-19-17(23)24-11-12-4-2-1-3-5-12/h1-8,10,15-16,21-22H,9,11H2,(H,19,23). The second kappa shape index (κ2) is 8.76. The first-order chi connectivity index (χ1) is 11.6. The lowest BCUT2D eigenvalue weighted by Gasteiger charge is -2.17. The number of hydrogen-bond donors (Lipinski definition) is 3. The average Bonchev–Trinajstić information content (AvgIpc) is 2.64. The molecule has 3 N–H and O–H groups in total. The molecule has 7 heteroatoms. The van der Waals surface area contributed by atoms with Crippen LogP contribution in [0.1, 0.15) is 27.7 Å². The quantitative estimate of drug-likeness (QED) is 0.659. The number of aliphatic hydroxyl groups is 2. The van der Waals surface area contributed by atoms with Crippen LogP contribution >= 0.6 is 0 Å². The minimum Gasteiger partial charge on any atom is -0.445 e. The molecule has 1 aromatic carbocycles. The smallest absolute Gasteiger partial charge is 0.407 e. The van der Waals surface area contributed by atoms with Gasteiger partial charge in [-0.25, -0.2) is 4.79 Å². The Hall–Kier alpha value is -2.77. The molecule has 2 rings (SSSR count). The third-order valence-corrected chi connectivity index (χ3v) is 3.28. The number of carbonyl (C=O) groups is 2. The van der Waals surface area contributed by atoms with Gasteiger partial charge in [0.1, 0.15) is 18.8 Å². The largest absolute Gasteiger partial charge is 0.445 e. The molecule has 0 saturated carbocycles.